The van der Waals surface area contributed by atoms with Crippen LogP contribution in [0.5, 0.6) is 0 Å². The van der Waals surface area contributed by atoms with Crippen molar-refractivity contribution < 1.29 is 5.11 Å². The highest BCUT2D eigenvalue weighted by atomic mass is 16.3. The molecule has 1 atom stereocenters. The normalized spacial score (nSPS) is 31.6. The van der Waals surface area contributed by atoms with E-state index in [0.29, 0.717) is 18.1 Å². The predicted molar refractivity (Wildman–Crippen MR) is 72.0 cm³/mol. The molecular formula is C15H29NO. The zero-order valence-corrected chi connectivity index (χ0v) is 11.6. The fourth-order valence-corrected chi connectivity index (χ4v) is 3.66. The molecule has 0 spiro atoms. The van der Waals surface area contributed by atoms with Gasteiger partial charge in [0.2, 0.25) is 0 Å². The number of aliphatic hydroxyl groups is 1. The molecule has 0 amide bonds. The third-order valence-electron chi connectivity index (χ3n) is 4.98. The number of hydrogen-bond acceptors (Lipinski definition) is 2. The van der Waals surface area contributed by atoms with Crippen LogP contribution >= 0.6 is 0 Å². The van der Waals surface area contributed by atoms with E-state index in [0.717, 1.165) is 6.54 Å². The summed E-state index contributed by atoms with van der Waals surface area (Å²) >= 11 is 0. The highest BCUT2D eigenvalue weighted by Gasteiger charge is 2.35. The molecule has 2 aliphatic carbocycles. The largest absolute Gasteiger partial charge is 0.396 e. The molecule has 0 radical (unpaired) electrons. The first-order valence-electron chi connectivity index (χ1n) is 7.40. The van der Waals surface area contributed by atoms with Crippen LogP contribution in [-0.4, -0.2) is 24.3 Å². The maximum absolute atomic E-state index is 9.68. The van der Waals surface area contributed by atoms with Crippen LogP contribution in [0.25, 0.3) is 0 Å². The highest BCUT2D eigenvalue weighted by molar-refractivity contribution is 4.90. The molecule has 1 unspecified atom stereocenters. The summed E-state index contributed by atoms with van der Waals surface area (Å²) in [5.74, 6) is 0. The van der Waals surface area contributed by atoms with Crippen molar-refractivity contribution in [2.75, 3.05) is 13.2 Å². The molecule has 2 N–H and O–H groups in total. The lowest BCUT2D eigenvalue weighted by atomic mass is 9.74. The van der Waals surface area contributed by atoms with E-state index in [9.17, 15) is 5.11 Å². The van der Waals surface area contributed by atoms with Crippen molar-refractivity contribution in [1.29, 1.82) is 0 Å². The summed E-state index contributed by atoms with van der Waals surface area (Å²) < 4.78 is 0. The number of aliphatic hydroxyl groups excluding tert-OH is 1. The molecule has 0 saturated heterocycles. The summed E-state index contributed by atoms with van der Waals surface area (Å²) in [6.07, 6.45) is 10.4. The van der Waals surface area contributed by atoms with E-state index in [4.69, 9.17) is 0 Å². The molecule has 0 aromatic carbocycles. The lowest BCUT2D eigenvalue weighted by molar-refractivity contribution is 0.0781. The Morgan fingerprint density at radius 1 is 1.12 bits per heavy atom. The molecule has 0 heterocycles. The summed E-state index contributed by atoms with van der Waals surface area (Å²) in [5.41, 5.74) is 0.724. The van der Waals surface area contributed by atoms with E-state index < -0.39 is 0 Å². The zero-order valence-electron chi connectivity index (χ0n) is 11.6. The molecule has 100 valence electrons. The Balaban J connectivity index is 1.80. The van der Waals surface area contributed by atoms with Gasteiger partial charge in [-0.2, -0.15) is 0 Å². The molecule has 0 aliphatic heterocycles. The second-order valence-electron chi connectivity index (χ2n) is 7.20. The fraction of sp³-hybridized carbons (Fsp3) is 1.00. The van der Waals surface area contributed by atoms with Crippen molar-refractivity contribution in [3.8, 4) is 0 Å². The number of hydrogen-bond donors (Lipinski definition) is 2. The molecule has 0 aromatic rings. The van der Waals surface area contributed by atoms with Crippen LogP contribution in [0.1, 0.15) is 65.2 Å². The maximum Gasteiger partial charge on any atom is 0.0499 e. The Labute approximate surface area is 106 Å². The quantitative estimate of drug-likeness (QED) is 0.790. The van der Waals surface area contributed by atoms with Crippen molar-refractivity contribution in [2.45, 2.75) is 71.3 Å². The molecule has 17 heavy (non-hydrogen) atoms. The van der Waals surface area contributed by atoms with Crippen LogP contribution < -0.4 is 5.32 Å². The van der Waals surface area contributed by atoms with Gasteiger partial charge < -0.3 is 10.4 Å². The minimum atomic E-state index is 0.199. The number of rotatable bonds is 4. The van der Waals surface area contributed by atoms with E-state index in [1.165, 1.54) is 51.4 Å². The topological polar surface area (TPSA) is 32.3 Å². The Hall–Kier alpha value is -0.0800. The van der Waals surface area contributed by atoms with Crippen LogP contribution in [0.2, 0.25) is 0 Å². The van der Waals surface area contributed by atoms with Gasteiger partial charge in [0.05, 0.1) is 0 Å². The van der Waals surface area contributed by atoms with E-state index in [2.05, 4.69) is 19.2 Å². The van der Waals surface area contributed by atoms with E-state index in [1.54, 1.807) is 0 Å². The van der Waals surface area contributed by atoms with Crippen molar-refractivity contribution in [1.82, 2.24) is 5.32 Å². The van der Waals surface area contributed by atoms with Gasteiger partial charge in [-0.1, -0.05) is 33.1 Å². The first-order valence-corrected chi connectivity index (χ1v) is 7.40. The van der Waals surface area contributed by atoms with Crippen LogP contribution in [-0.2, 0) is 0 Å². The second-order valence-corrected chi connectivity index (χ2v) is 7.20. The average Bonchev–Trinajstić information content (AvgIpc) is 2.68. The molecular weight excluding hydrogens is 210 g/mol. The smallest absolute Gasteiger partial charge is 0.0499 e. The van der Waals surface area contributed by atoms with Gasteiger partial charge in [-0.05, 0) is 37.5 Å². The minimum absolute atomic E-state index is 0.199. The standard InChI is InChI=1S/C15H29NO/c1-14(2)9-6-13(10-14)16-11-15(12-17)7-4-3-5-8-15/h13,16-17H,3-12H2,1-2H3. The van der Waals surface area contributed by atoms with Crippen molar-refractivity contribution in [3.63, 3.8) is 0 Å². The predicted octanol–water partition coefficient (Wildman–Crippen LogP) is 3.10. The lowest BCUT2D eigenvalue weighted by Crippen LogP contribution is -2.42. The van der Waals surface area contributed by atoms with Gasteiger partial charge in [-0.25, -0.2) is 0 Å². The minimum Gasteiger partial charge on any atom is -0.396 e. The van der Waals surface area contributed by atoms with Gasteiger partial charge in [0.1, 0.15) is 0 Å². The Morgan fingerprint density at radius 3 is 2.35 bits per heavy atom. The average molecular weight is 239 g/mol. The van der Waals surface area contributed by atoms with Crippen LogP contribution in [0.4, 0.5) is 0 Å². The van der Waals surface area contributed by atoms with Gasteiger partial charge >= 0.3 is 0 Å². The third kappa shape index (κ3) is 3.45. The van der Waals surface area contributed by atoms with E-state index in [-0.39, 0.29) is 5.41 Å². The van der Waals surface area contributed by atoms with Gasteiger partial charge in [0.15, 0.2) is 0 Å². The summed E-state index contributed by atoms with van der Waals surface area (Å²) in [5, 5.41) is 13.4. The van der Waals surface area contributed by atoms with Crippen LogP contribution in [0, 0.1) is 10.8 Å². The second kappa shape index (κ2) is 5.27. The van der Waals surface area contributed by atoms with E-state index in [1.807, 2.05) is 0 Å². The van der Waals surface area contributed by atoms with Crippen molar-refractivity contribution >= 4 is 0 Å². The third-order valence-corrected chi connectivity index (χ3v) is 4.98. The van der Waals surface area contributed by atoms with E-state index >= 15 is 0 Å². The monoisotopic (exact) mass is 239 g/mol. The van der Waals surface area contributed by atoms with Gasteiger partial charge in [-0.3, -0.25) is 0 Å². The van der Waals surface area contributed by atoms with Crippen molar-refractivity contribution in [3.05, 3.63) is 0 Å². The van der Waals surface area contributed by atoms with Gasteiger partial charge in [0, 0.05) is 24.6 Å². The van der Waals surface area contributed by atoms with Crippen molar-refractivity contribution in [2.24, 2.45) is 10.8 Å². The molecule has 2 saturated carbocycles. The zero-order chi connectivity index (χ0) is 12.4. The molecule has 2 fully saturated rings. The lowest BCUT2D eigenvalue weighted by Gasteiger charge is -2.37. The first kappa shape index (κ1) is 13.4. The summed E-state index contributed by atoms with van der Waals surface area (Å²) in [6, 6.07) is 0.690. The summed E-state index contributed by atoms with van der Waals surface area (Å²) in [6.45, 7) is 6.15. The first-order chi connectivity index (χ1) is 8.05. The molecule has 0 bridgehead atoms. The molecule has 2 aliphatic rings. The van der Waals surface area contributed by atoms with Crippen LogP contribution in [0.15, 0.2) is 0 Å². The molecule has 2 rings (SSSR count). The molecule has 0 aromatic heterocycles. The number of nitrogens with one attached hydrogen (secondary N) is 1. The van der Waals surface area contributed by atoms with Gasteiger partial charge in [-0.15, -0.1) is 0 Å². The summed E-state index contributed by atoms with van der Waals surface area (Å²) in [7, 11) is 0. The molecule has 2 heteroatoms. The maximum atomic E-state index is 9.68. The summed E-state index contributed by atoms with van der Waals surface area (Å²) in [4.78, 5) is 0. The Morgan fingerprint density at radius 2 is 1.82 bits per heavy atom. The fourth-order valence-electron chi connectivity index (χ4n) is 3.66. The SMILES string of the molecule is CC1(C)CCC(NCC2(CO)CCCCC2)C1. The van der Waals surface area contributed by atoms with Gasteiger partial charge in [0.25, 0.3) is 0 Å². The Bertz CT molecular complexity index is 243. The van der Waals surface area contributed by atoms with Crippen LogP contribution in [0.3, 0.4) is 0 Å². The Kier molecular flexibility index (Phi) is 4.14. The molecule has 2 nitrogen and oxygen atoms in total. The highest BCUT2D eigenvalue weighted by Crippen LogP contribution is 2.39.